The molecule has 0 spiro atoms. The zero-order chi connectivity index (χ0) is 20.9. The first-order valence-corrected chi connectivity index (χ1v) is 10.7. The molecular weight excluding hydrogens is 398 g/mol. The number of aromatic nitrogens is 4. The van der Waals surface area contributed by atoms with Gasteiger partial charge in [0.05, 0.1) is 6.54 Å². The van der Waals surface area contributed by atoms with Crippen LogP contribution < -0.4 is 16.4 Å². The maximum atomic E-state index is 12.7. The van der Waals surface area contributed by atoms with Crippen LogP contribution in [0.3, 0.4) is 0 Å². The van der Waals surface area contributed by atoms with E-state index in [1.807, 2.05) is 60.7 Å². The van der Waals surface area contributed by atoms with E-state index in [1.165, 1.54) is 16.3 Å². The Labute approximate surface area is 177 Å². The second kappa shape index (κ2) is 8.96. The minimum Gasteiger partial charge on any atom is -0.338 e. The van der Waals surface area contributed by atoms with Gasteiger partial charge in [-0.3, -0.25) is 14.2 Å². The smallest absolute Gasteiger partial charge is 0.318 e. The largest absolute Gasteiger partial charge is 0.338 e. The summed E-state index contributed by atoms with van der Waals surface area (Å²) < 4.78 is 1.41. The van der Waals surface area contributed by atoms with E-state index in [0.717, 1.165) is 23.4 Å². The summed E-state index contributed by atoms with van der Waals surface area (Å²) in [6, 6.07) is 19.1. The molecule has 0 aliphatic rings. The lowest BCUT2D eigenvalue weighted by Crippen LogP contribution is -2.37. The van der Waals surface area contributed by atoms with Crippen LogP contribution in [0, 0.1) is 0 Å². The fourth-order valence-corrected chi connectivity index (χ4v) is 3.74. The van der Waals surface area contributed by atoms with Gasteiger partial charge in [-0.15, -0.1) is 0 Å². The standard InChI is InChI=1S/C22H21N5O2S/c1-2-13-30-22-25-18(23-16-11-7-4-8-12-16)17-19(26-22)27(21(29)20(28)24-17)14-15-9-5-3-6-10-15/h3-12H,2,13-14H2,1H3,(H,24,28)(H,23,25,26). The molecular formula is C22H21N5O2S. The summed E-state index contributed by atoms with van der Waals surface area (Å²) in [5, 5.41) is 3.80. The van der Waals surface area contributed by atoms with E-state index < -0.39 is 11.1 Å². The van der Waals surface area contributed by atoms with Crippen molar-refractivity contribution >= 4 is 34.4 Å². The lowest BCUT2D eigenvalue weighted by atomic mass is 10.2. The second-order valence-electron chi connectivity index (χ2n) is 6.72. The van der Waals surface area contributed by atoms with Gasteiger partial charge in [0.15, 0.2) is 16.6 Å². The van der Waals surface area contributed by atoms with E-state index in [-0.39, 0.29) is 6.54 Å². The SMILES string of the molecule is CCCSc1nc(Nc2ccccc2)c2[nH]c(=O)c(=O)n(Cc3ccccc3)c2n1. The molecule has 0 unspecified atom stereocenters. The van der Waals surface area contributed by atoms with Gasteiger partial charge in [-0.1, -0.05) is 67.2 Å². The first kappa shape index (κ1) is 19.9. The van der Waals surface area contributed by atoms with Gasteiger partial charge in [0, 0.05) is 11.4 Å². The molecule has 0 bridgehead atoms. The number of hydrogen-bond acceptors (Lipinski definition) is 6. The second-order valence-corrected chi connectivity index (χ2v) is 7.79. The van der Waals surface area contributed by atoms with Crippen molar-refractivity contribution in [1.82, 2.24) is 19.5 Å². The summed E-state index contributed by atoms with van der Waals surface area (Å²) in [7, 11) is 0. The Hall–Kier alpha value is -3.39. The zero-order valence-electron chi connectivity index (χ0n) is 16.5. The highest BCUT2D eigenvalue weighted by atomic mass is 32.2. The first-order chi connectivity index (χ1) is 14.7. The van der Waals surface area contributed by atoms with Gasteiger partial charge in [-0.05, 0) is 24.1 Å². The summed E-state index contributed by atoms with van der Waals surface area (Å²) in [6.07, 6.45) is 0.968. The average Bonchev–Trinajstić information content (AvgIpc) is 2.77. The van der Waals surface area contributed by atoms with Crippen molar-refractivity contribution in [3.8, 4) is 0 Å². The van der Waals surface area contributed by atoms with Gasteiger partial charge >= 0.3 is 11.1 Å². The molecule has 2 N–H and O–H groups in total. The Kier molecular flexibility index (Phi) is 5.94. The van der Waals surface area contributed by atoms with Crippen LogP contribution in [-0.2, 0) is 6.54 Å². The quantitative estimate of drug-likeness (QED) is 0.269. The van der Waals surface area contributed by atoms with Crippen molar-refractivity contribution in [2.45, 2.75) is 25.0 Å². The maximum Gasteiger partial charge on any atom is 0.318 e. The fraction of sp³-hybridized carbons (Fsp3) is 0.182. The molecule has 0 atom stereocenters. The normalized spacial score (nSPS) is 11.0. The van der Waals surface area contributed by atoms with E-state index in [1.54, 1.807) is 0 Å². The van der Waals surface area contributed by atoms with Crippen LogP contribution in [0.1, 0.15) is 18.9 Å². The lowest BCUT2D eigenvalue weighted by Gasteiger charge is -2.14. The number of thioether (sulfide) groups is 1. The Morgan fingerprint density at radius 2 is 1.70 bits per heavy atom. The molecule has 7 nitrogen and oxygen atoms in total. The van der Waals surface area contributed by atoms with Gasteiger partial charge in [-0.25, -0.2) is 9.97 Å². The van der Waals surface area contributed by atoms with Crippen LogP contribution in [0.5, 0.6) is 0 Å². The number of rotatable bonds is 7. The van der Waals surface area contributed by atoms with Crippen LogP contribution >= 0.6 is 11.8 Å². The molecule has 8 heteroatoms. The van der Waals surface area contributed by atoms with E-state index in [4.69, 9.17) is 0 Å². The van der Waals surface area contributed by atoms with Crippen molar-refractivity contribution in [1.29, 1.82) is 0 Å². The predicted molar refractivity (Wildman–Crippen MR) is 121 cm³/mol. The maximum absolute atomic E-state index is 12.7. The number of hydrogen-bond donors (Lipinski definition) is 2. The fourth-order valence-electron chi connectivity index (χ4n) is 3.04. The molecule has 0 radical (unpaired) electrons. The number of benzene rings is 2. The molecule has 4 aromatic rings. The van der Waals surface area contributed by atoms with Crippen LogP contribution in [0.15, 0.2) is 75.4 Å². The molecule has 0 saturated carbocycles. The molecule has 2 aromatic heterocycles. The number of fused-ring (bicyclic) bond motifs is 1. The van der Waals surface area contributed by atoms with Crippen LogP contribution in [0.2, 0.25) is 0 Å². The van der Waals surface area contributed by atoms with E-state index in [0.29, 0.717) is 22.1 Å². The highest BCUT2D eigenvalue weighted by Crippen LogP contribution is 2.25. The molecule has 0 amide bonds. The number of H-pyrrole nitrogens is 1. The molecule has 152 valence electrons. The van der Waals surface area contributed by atoms with Crippen LogP contribution in [-0.4, -0.2) is 25.3 Å². The third kappa shape index (κ3) is 4.28. The molecule has 2 aromatic carbocycles. The van der Waals surface area contributed by atoms with Crippen LogP contribution in [0.25, 0.3) is 11.2 Å². The molecule has 0 aliphatic heterocycles. The van der Waals surface area contributed by atoms with Crippen molar-refractivity contribution in [3.63, 3.8) is 0 Å². The van der Waals surface area contributed by atoms with E-state index >= 15 is 0 Å². The Morgan fingerprint density at radius 3 is 2.40 bits per heavy atom. The third-order valence-corrected chi connectivity index (χ3v) is 5.51. The molecule has 4 rings (SSSR count). The average molecular weight is 420 g/mol. The minimum absolute atomic E-state index is 0.250. The number of nitrogens with zero attached hydrogens (tertiary/aromatic N) is 3. The molecule has 0 aliphatic carbocycles. The Bertz CT molecular complexity index is 1270. The molecule has 2 heterocycles. The summed E-state index contributed by atoms with van der Waals surface area (Å²) in [5.74, 6) is 1.31. The summed E-state index contributed by atoms with van der Waals surface area (Å²) in [5.41, 5.74) is 1.20. The minimum atomic E-state index is -0.702. The van der Waals surface area contributed by atoms with E-state index in [2.05, 4.69) is 27.2 Å². The van der Waals surface area contributed by atoms with Gasteiger partial charge in [0.25, 0.3) is 0 Å². The Morgan fingerprint density at radius 1 is 1.00 bits per heavy atom. The summed E-state index contributed by atoms with van der Waals surface area (Å²) in [6.45, 7) is 2.33. The van der Waals surface area contributed by atoms with Crippen molar-refractivity contribution in [2.24, 2.45) is 0 Å². The zero-order valence-corrected chi connectivity index (χ0v) is 17.3. The first-order valence-electron chi connectivity index (χ1n) is 9.69. The van der Waals surface area contributed by atoms with Gasteiger partial charge in [0.2, 0.25) is 0 Å². The predicted octanol–water partition coefficient (Wildman–Crippen LogP) is 3.77. The monoisotopic (exact) mass is 419 g/mol. The Balaban J connectivity index is 1.91. The third-order valence-electron chi connectivity index (χ3n) is 4.46. The highest BCUT2D eigenvalue weighted by molar-refractivity contribution is 7.99. The van der Waals surface area contributed by atoms with Gasteiger partial charge in [-0.2, -0.15) is 0 Å². The number of para-hydroxylation sites is 1. The molecule has 0 saturated heterocycles. The summed E-state index contributed by atoms with van der Waals surface area (Å²) in [4.78, 5) is 37.0. The lowest BCUT2D eigenvalue weighted by molar-refractivity contribution is 0.754. The number of nitrogens with one attached hydrogen (secondary N) is 2. The van der Waals surface area contributed by atoms with Crippen LogP contribution in [0.4, 0.5) is 11.5 Å². The number of anilines is 2. The van der Waals surface area contributed by atoms with Crippen molar-refractivity contribution in [3.05, 3.63) is 86.9 Å². The number of aromatic amines is 1. The topological polar surface area (TPSA) is 92.7 Å². The van der Waals surface area contributed by atoms with Gasteiger partial charge in [0.1, 0.15) is 5.52 Å². The van der Waals surface area contributed by atoms with E-state index in [9.17, 15) is 9.59 Å². The highest BCUT2D eigenvalue weighted by Gasteiger charge is 2.16. The molecule has 0 fully saturated rings. The van der Waals surface area contributed by atoms with Gasteiger partial charge < -0.3 is 10.3 Å². The molecule has 30 heavy (non-hydrogen) atoms. The van der Waals surface area contributed by atoms with Crippen molar-refractivity contribution < 1.29 is 0 Å². The van der Waals surface area contributed by atoms with Crippen molar-refractivity contribution in [2.75, 3.05) is 11.1 Å². The summed E-state index contributed by atoms with van der Waals surface area (Å²) >= 11 is 1.52.